The molecular formula is C17H17FN6O. The van der Waals surface area contributed by atoms with Gasteiger partial charge in [-0.25, -0.2) is 4.39 Å². The van der Waals surface area contributed by atoms with Crippen LogP contribution in [-0.4, -0.2) is 32.1 Å². The first-order valence-corrected chi connectivity index (χ1v) is 8.10. The molecule has 1 fully saturated rings. The molecule has 0 bridgehead atoms. The number of nitrogen functional groups attached to an aromatic ring is 1. The zero-order chi connectivity index (χ0) is 17.6. The van der Waals surface area contributed by atoms with Crippen LogP contribution in [0.2, 0.25) is 0 Å². The Morgan fingerprint density at radius 2 is 2.16 bits per heavy atom. The molecule has 1 amide bonds. The van der Waals surface area contributed by atoms with Crippen molar-refractivity contribution in [1.29, 1.82) is 0 Å². The number of nitrogens with zero attached hydrogens (tertiary/aromatic N) is 4. The van der Waals surface area contributed by atoms with Gasteiger partial charge in [0.1, 0.15) is 11.7 Å². The summed E-state index contributed by atoms with van der Waals surface area (Å²) in [4.78, 5) is 11.9. The Morgan fingerprint density at radius 3 is 2.84 bits per heavy atom. The summed E-state index contributed by atoms with van der Waals surface area (Å²) in [7, 11) is 0. The molecule has 2 atom stereocenters. The second kappa shape index (κ2) is 5.80. The number of aryl methyl sites for hydroxylation is 1. The number of amides is 1. The van der Waals surface area contributed by atoms with Gasteiger partial charge in [-0.1, -0.05) is 0 Å². The van der Waals surface area contributed by atoms with Crippen LogP contribution in [0.1, 0.15) is 13.3 Å². The Bertz CT molecular complexity index is 969. The Morgan fingerprint density at radius 1 is 1.36 bits per heavy atom. The molecule has 2 heterocycles. The van der Waals surface area contributed by atoms with Crippen LogP contribution in [0.25, 0.3) is 22.0 Å². The van der Waals surface area contributed by atoms with E-state index in [0.29, 0.717) is 11.2 Å². The highest BCUT2D eigenvalue weighted by Crippen LogP contribution is 2.35. The molecule has 1 aliphatic carbocycles. The van der Waals surface area contributed by atoms with Gasteiger partial charge < -0.3 is 11.1 Å². The summed E-state index contributed by atoms with van der Waals surface area (Å²) in [6.07, 6.45) is 2.93. The lowest BCUT2D eigenvalue weighted by atomic mass is 10.1. The van der Waals surface area contributed by atoms with Crippen molar-refractivity contribution in [2.24, 2.45) is 5.92 Å². The Labute approximate surface area is 143 Å². The molecular weight excluding hydrogens is 323 g/mol. The number of carbonyl (C=O) groups is 1. The minimum Gasteiger partial charge on any atom is -0.397 e. The van der Waals surface area contributed by atoms with E-state index >= 15 is 0 Å². The molecule has 128 valence electrons. The van der Waals surface area contributed by atoms with E-state index in [1.54, 1.807) is 12.3 Å². The summed E-state index contributed by atoms with van der Waals surface area (Å²) in [6, 6.07) is 5.44. The normalized spacial score (nSPS) is 19.1. The zero-order valence-corrected chi connectivity index (χ0v) is 13.6. The van der Waals surface area contributed by atoms with Crippen LogP contribution >= 0.6 is 0 Å². The van der Waals surface area contributed by atoms with Gasteiger partial charge in [0.25, 0.3) is 0 Å². The molecule has 0 aliphatic heterocycles. The van der Waals surface area contributed by atoms with Crippen LogP contribution in [-0.2, 0) is 11.3 Å². The van der Waals surface area contributed by atoms with Crippen LogP contribution in [0, 0.1) is 5.92 Å². The first kappa shape index (κ1) is 15.5. The van der Waals surface area contributed by atoms with Crippen LogP contribution in [0.3, 0.4) is 0 Å². The Kier molecular flexibility index (Phi) is 3.60. The standard InChI is InChI=1S/C17H17FN6O/c1-2-24-8-11(7-20-24)9-3-10-5-15(21-17(25)12-6-13(12)18)22-23-16(10)14(19)4-9/h3-5,7-8,12-13H,2,6,19H2,1H3,(H,21,22,25)/t12-,13+/m1/s1. The molecule has 0 unspecified atom stereocenters. The van der Waals surface area contributed by atoms with Crippen LogP contribution in [0.4, 0.5) is 15.9 Å². The van der Waals surface area contributed by atoms with E-state index in [-0.39, 0.29) is 18.1 Å². The number of rotatable bonds is 4. The van der Waals surface area contributed by atoms with Gasteiger partial charge in [0.15, 0.2) is 5.82 Å². The molecule has 0 saturated heterocycles. The van der Waals surface area contributed by atoms with Gasteiger partial charge in [-0.3, -0.25) is 9.48 Å². The summed E-state index contributed by atoms with van der Waals surface area (Å²) < 4.78 is 14.8. The first-order valence-electron chi connectivity index (χ1n) is 8.10. The van der Waals surface area contributed by atoms with Crippen LogP contribution in [0.5, 0.6) is 0 Å². The van der Waals surface area contributed by atoms with Gasteiger partial charge in [0.2, 0.25) is 5.91 Å². The van der Waals surface area contributed by atoms with Crippen molar-refractivity contribution in [2.75, 3.05) is 11.1 Å². The third-order valence-electron chi connectivity index (χ3n) is 4.31. The van der Waals surface area contributed by atoms with Crippen molar-refractivity contribution in [3.63, 3.8) is 0 Å². The van der Waals surface area contributed by atoms with E-state index in [2.05, 4.69) is 20.6 Å². The van der Waals surface area contributed by atoms with E-state index in [1.165, 1.54) is 0 Å². The van der Waals surface area contributed by atoms with Crippen molar-refractivity contribution in [1.82, 2.24) is 20.0 Å². The van der Waals surface area contributed by atoms with E-state index < -0.39 is 12.1 Å². The molecule has 3 aromatic rings. The number of hydrogen-bond acceptors (Lipinski definition) is 5. The molecule has 0 spiro atoms. The molecule has 7 nitrogen and oxygen atoms in total. The van der Waals surface area contributed by atoms with Crippen molar-refractivity contribution in [3.05, 3.63) is 30.6 Å². The molecule has 1 saturated carbocycles. The van der Waals surface area contributed by atoms with Gasteiger partial charge in [0, 0.05) is 23.7 Å². The smallest absolute Gasteiger partial charge is 0.231 e. The van der Waals surface area contributed by atoms with Crippen LogP contribution < -0.4 is 11.1 Å². The summed E-state index contributed by atoms with van der Waals surface area (Å²) in [5, 5.41) is 15.7. The van der Waals surface area contributed by atoms with Crippen molar-refractivity contribution in [3.8, 4) is 11.1 Å². The van der Waals surface area contributed by atoms with Crippen molar-refractivity contribution >= 4 is 28.3 Å². The SMILES string of the molecule is CCn1cc(-c2cc(N)c3nnc(NC(=O)[C@@H]4C[C@@H]4F)cc3c2)cn1. The van der Waals surface area contributed by atoms with Gasteiger partial charge >= 0.3 is 0 Å². The summed E-state index contributed by atoms with van der Waals surface area (Å²) in [5.41, 5.74) is 8.99. The lowest BCUT2D eigenvalue weighted by Crippen LogP contribution is -2.16. The highest BCUT2D eigenvalue weighted by atomic mass is 19.1. The number of anilines is 2. The number of nitrogens with one attached hydrogen (secondary N) is 1. The maximum atomic E-state index is 13.0. The average molecular weight is 340 g/mol. The lowest BCUT2D eigenvalue weighted by Gasteiger charge is -2.07. The highest BCUT2D eigenvalue weighted by Gasteiger charge is 2.43. The van der Waals surface area contributed by atoms with Gasteiger partial charge in [-0.15, -0.1) is 10.2 Å². The minimum absolute atomic E-state index is 0.269. The third-order valence-corrected chi connectivity index (χ3v) is 4.31. The highest BCUT2D eigenvalue weighted by molar-refractivity contribution is 5.98. The average Bonchev–Trinajstić information content (AvgIpc) is 3.14. The number of fused-ring (bicyclic) bond motifs is 1. The van der Waals surface area contributed by atoms with E-state index in [4.69, 9.17) is 5.73 Å². The van der Waals surface area contributed by atoms with E-state index in [0.717, 1.165) is 23.1 Å². The zero-order valence-electron chi connectivity index (χ0n) is 13.6. The number of hydrogen-bond donors (Lipinski definition) is 2. The summed E-state index contributed by atoms with van der Waals surface area (Å²) in [6.45, 7) is 2.79. The molecule has 0 radical (unpaired) electrons. The molecule has 1 aromatic carbocycles. The summed E-state index contributed by atoms with van der Waals surface area (Å²) >= 11 is 0. The van der Waals surface area contributed by atoms with Crippen molar-refractivity contribution in [2.45, 2.75) is 26.1 Å². The third kappa shape index (κ3) is 2.90. The second-order valence-electron chi connectivity index (χ2n) is 6.17. The topological polar surface area (TPSA) is 98.7 Å². The van der Waals surface area contributed by atoms with Gasteiger partial charge in [-0.05, 0) is 37.1 Å². The number of carbonyl (C=O) groups excluding carboxylic acids is 1. The fourth-order valence-electron chi connectivity index (χ4n) is 2.75. The Balaban J connectivity index is 1.69. The predicted molar refractivity (Wildman–Crippen MR) is 92.5 cm³/mol. The molecule has 8 heteroatoms. The number of halogens is 1. The van der Waals surface area contributed by atoms with Gasteiger partial charge in [-0.2, -0.15) is 5.10 Å². The van der Waals surface area contributed by atoms with Crippen LogP contribution in [0.15, 0.2) is 30.6 Å². The molecule has 2 aromatic heterocycles. The molecule has 3 N–H and O–H groups in total. The van der Waals surface area contributed by atoms with E-state index in [1.807, 2.05) is 29.9 Å². The number of benzene rings is 1. The largest absolute Gasteiger partial charge is 0.397 e. The molecule has 1 aliphatic rings. The quantitative estimate of drug-likeness (QED) is 0.711. The maximum Gasteiger partial charge on any atom is 0.231 e. The minimum atomic E-state index is -1.05. The predicted octanol–water partition coefficient (Wildman–Crippen LogP) is 2.39. The Hall–Kier alpha value is -3.03. The van der Waals surface area contributed by atoms with Gasteiger partial charge in [0.05, 0.1) is 17.8 Å². The van der Waals surface area contributed by atoms with E-state index in [9.17, 15) is 9.18 Å². The molecule has 25 heavy (non-hydrogen) atoms. The maximum absolute atomic E-state index is 13.0. The van der Waals surface area contributed by atoms with Crippen molar-refractivity contribution < 1.29 is 9.18 Å². The first-order chi connectivity index (χ1) is 12.0. The lowest BCUT2D eigenvalue weighted by molar-refractivity contribution is -0.117. The summed E-state index contributed by atoms with van der Waals surface area (Å²) in [5.74, 6) is -0.652. The number of aromatic nitrogens is 4. The molecule has 4 rings (SSSR count). The fourth-order valence-corrected chi connectivity index (χ4v) is 2.75. The monoisotopic (exact) mass is 340 g/mol. The number of nitrogens with two attached hydrogens (primary N) is 1. The fraction of sp³-hybridized carbons (Fsp3) is 0.294. The second-order valence-corrected chi connectivity index (χ2v) is 6.17. The number of alkyl halides is 1.